The molecule has 1 heterocycles. The van der Waals surface area contributed by atoms with Gasteiger partial charge in [0.1, 0.15) is 5.82 Å². The fourth-order valence-corrected chi connectivity index (χ4v) is 4.93. The Balaban J connectivity index is 1.81. The fourth-order valence-electron chi connectivity index (χ4n) is 3.56. The van der Waals surface area contributed by atoms with Crippen molar-refractivity contribution in [3.63, 3.8) is 0 Å². The number of nitrogens with zero attached hydrogens (tertiary/aromatic N) is 2. The number of imidazole rings is 1. The molecule has 1 aromatic carbocycles. The molecule has 1 N–H and O–H groups in total. The first-order chi connectivity index (χ1) is 14.4. The number of carbonyl (C=O) groups excluding carboxylic acids is 1. The lowest BCUT2D eigenvalue weighted by Gasteiger charge is -2.07. The number of unbranched alkanes of at least 4 members (excludes halogenated alkanes) is 9. The van der Waals surface area contributed by atoms with Gasteiger partial charge in [0.25, 0.3) is 0 Å². The second-order valence-corrected chi connectivity index (χ2v) is 9.96. The third-order valence-electron chi connectivity index (χ3n) is 5.44. The first-order valence-corrected chi connectivity index (χ1v) is 12.6. The Morgan fingerprint density at radius 2 is 1.47 bits per heavy atom. The number of hydrogen-bond donors (Lipinski definition) is 1. The van der Waals surface area contributed by atoms with E-state index in [1.54, 1.807) is 31.3 Å². The van der Waals surface area contributed by atoms with Crippen LogP contribution in [-0.4, -0.2) is 35.1 Å². The zero-order valence-electron chi connectivity index (χ0n) is 18.1. The minimum Gasteiger partial charge on any atom is -0.493 e. The molecule has 0 bridgehead atoms. The Morgan fingerprint density at radius 1 is 0.933 bits per heavy atom. The predicted molar refractivity (Wildman–Crippen MR) is 120 cm³/mol. The van der Waals surface area contributed by atoms with E-state index in [-0.39, 0.29) is 22.2 Å². The van der Waals surface area contributed by atoms with Crippen LogP contribution in [0, 0.1) is 0 Å². The van der Waals surface area contributed by atoms with Gasteiger partial charge in [-0.3, -0.25) is 9.36 Å². The summed E-state index contributed by atoms with van der Waals surface area (Å²) >= 11 is 0. The maximum atomic E-state index is 12.6. The smallest absolute Gasteiger partial charge is 0.222 e. The van der Waals surface area contributed by atoms with Gasteiger partial charge in [-0.1, -0.05) is 64.7 Å². The van der Waals surface area contributed by atoms with Crippen molar-refractivity contribution in [3.05, 3.63) is 30.0 Å². The van der Waals surface area contributed by atoms with E-state index >= 15 is 0 Å². The molecule has 0 aliphatic heterocycles. The van der Waals surface area contributed by atoms with E-state index in [1.165, 1.54) is 49.5 Å². The van der Waals surface area contributed by atoms with Gasteiger partial charge in [-0.25, -0.2) is 13.4 Å². The molecular weight excluding hydrogens is 400 g/mol. The maximum Gasteiger partial charge on any atom is 0.222 e. The number of aromatic nitrogens is 2. The lowest BCUT2D eigenvalue weighted by molar-refractivity contribution is 0.111. The summed E-state index contributed by atoms with van der Waals surface area (Å²) in [5.41, 5.74) is 0.601. The molecule has 0 atom stereocenters. The van der Waals surface area contributed by atoms with Crippen LogP contribution in [0.4, 0.5) is 0 Å². The van der Waals surface area contributed by atoms with Crippen molar-refractivity contribution in [1.29, 1.82) is 0 Å². The monoisotopic (exact) mass is 434 g/mol. The number of benzene rings is 1. The molecule has 166 valence electrons. The summed E-state index contributed by atoms with van der Waals surface area (Å²) in [6, 6.07) is 6.43. The van der Waals surface area contributed by atoms with Gasteiger partial charge in [-0.05, 0) is 30.7 Å². The number of aromatic hydroxyl groups is 1. The average molecular weight is 435 g/mol. The Labute approximate surface area is 180 Å². The summed E-state index contributed by atoms with van der Waals surface area (Å²) in [6.07, 6.45) is 12.1. The van der Waals surface area contributed by atoms with E-state index in [0.29, 0.717) is 24.1 Å². The Hall–Kier alpha value is -2.15. The van der Waals surface area contributed by atoms with Gasteiger partial charge in [0.2, 0.25) is 5.88 Å². The summed E-state index contributed by atoms with van der Waals surface area (Å²) in [5, 5.41) is 9.86. The van der Waals surface area contributed by atoms with E-state index in [4.69, 9.17) is 0 Å². The lowest BCUT2D eigenvalue weighted by atomic mass is 10.1. The van der Waals surface area contributed by atoms with Gasteiger partial charge >= 0.3 is 0 Å². The van der Waals surface area contributed by atoms with Gasteiger partial charge in [-0.2, -0.15) is 0 Å². The van der Waals surface area contributed by atoms with Crippen LogP contribution in [0.3, 0.4) is 0 Å². The van der Waals surface area contributed by atoms with Gasteiger partial charge in [-0.15, -0.1) is 0 Å². The lowest BCUT2D eigenvalue weighted by Crippen LogP contribution is -2.07. The van der Waals surface area contributed by atoms with Gasteiger partial charge in [0, 0.05) is 12.6 Å². The van der Waals surface area contributed by atoms with Crippen LogP contribution in [0.5, 0.6) is 5.88 Å². The van der Waals surface area contributed by atoms with Crippen LogP contribution in [0.2, 0.25) is 0 Å². The Bertz CT molecular complexity index is 902. The Kier molecular flexibility index (Phi) is 9.56. The van der Waals surface area contributed by atoms with Crippen molar-refractivity contribution in [2.45, 2.75) is 76.0 Å². The standard InChI is InChI=1S/C23H34N2O4S/c1-3-4-5-6-7-8-9-10-11-12-17-30(28,29)20-15-13-19(14-16-20)22-24-21(18-26)23(27)25(22)2/h13-16,18,27H,3-12,17H2,1-2H3. The minimum absolute atomic E-state index is 0.0369. The van der Waals surface area contributed by atoms with Crippen molar-refractivity contribution in [2.75, 3.05) is 5.75 Å². The summed E-state index contributed by atoms with van der Waals surface area (Å²) in [6.45, 7) is 2.22. The summed E-state index contributed by atoms with van der Waals surface area (Å²) < 4.78 is 26.6. The third-order valence-corrected chi connectivity index (χ3v) is 7.26. The van der Waals surface area contributed by atoms with E-state index in [9.17, 15) is 18.3 Å². The number of aldehydes is 1. The molecule has 0 spiro atoms. The molecule has 2 aromatic rings. The van der Waals surface area contributed by atoms with Crippen LogP contribution >= 0.6 is 0 Å². The highest BCUT2D eigenvalue weighted by Crippen LogP contribution is 2.26. The first-order valence-electron chi connectivity index (χ1n) is 10.9. The molecule has 0 saturated heterocycles. The Morgan fingerprint density at radius 3 is 1.97 bits per heavy atom. The quantitative estimate of drug-likeness (QED) is 0.322. The minimum atomic E-state index is -3.32. The van der Waals surface area contributed by atoms with Crippen molar-refractivity contribution in [3.8, 4) is 17.3 Å². The molecule has 30 heavy (non-hydrogen) atoms. The predicted octanol–water partition coefficient (Wildman–Crippen LogP) is 5.30. The van der Waals surface area contributed by atoms with E-state index in [0.717, 1.165) is 12.8 Å². The first kappa shape index (κ1) is 24.1. The highest BCUT2D eigenvalue weighted by atomic mass is 32.2. The van der Waals surface area contributed by atoms with Crippen LogP contribution in [0.1, 0.15) is 81.6 Å². The SMILES string of the molecule is CCCCCCCCCCCCS(=O)(=O)c1ccc(-c2nc(C=O)c(O)n2C)cc1. The summed E-state index contributed by atoms with van der Waals surface area (Å²) in [4.78, 5) is 15.3. The molecule has 0 aliphatic carbocycles. The molecule has 2 rings (SSSR count). The van der Waals surface area contributed by atoms with E-state index < -0.39 is 9.84 Å². The highest BCUT2D eigenvalue weighted by molar-refractivity contribution is 7.91. The molecule has 1 aromatic heterocycles. The normalized spacial score (nSPS) is 11.7. The fraction of sp³-hybridized carbons (Fsp3) is 0.565. The molecular formula is C23H34N2O4S. The molecule has 6 nitrogen and oxygen atoms in total. The van der Waals surface area contributed by atoms with Crippen molar-refractivity contribution < 1.29 is 18.3 Å². The van der Waals surface area contributed by atoms with Crippen molar-refractivity contribution in [1.82, 2.24) is 9.55 Å². The number of carbonyl (C=O) groups is 1. The molecule has 0 aliphatic rings. The molecule has 0 amide bonds. The second kappa shape index (κ2) is 11.9. The van der Waals surface area contributed by atoms with Crippen molar-refractivity contribution >= 4 is 16.1 Å². The number of rotatable bonds is 14. The molecule has 0 unspecified atom stereocenters. The summed E-state index contributed by atoms with van der Waals surface area (Å²) in [5.74, 6) is 0.354. The van der Waals surface area contributed by atoms with Gasteiger partial charge in [0.05, 0.1) is 10.6 Å². The third kappa shape index (κ3) is 6.69. The maximum absolute atomic E-state index is 12.6. The number of sulfone groups is 1. The average Bonchev–Trinajstić information content (AvgIpc) is 3.03. The summed E-state index contributed by atoms with van der Waals surface area (Å²) in [7, 11) is -1.72. The molecule has 0 saturated carbocycles. The topological polar surface area (TPSA) is 89.3 Å². The highest BCUT2D eigenvalue weighted by Gasteiger charge is 2.17. The largest absolute Gasteiger partial charge is 0.493 e. The van der Waals surface area contributed by atoms with Crippen molar-refractivity contribution in [2.24, 2.45) is 7.05 Å². The molecule has 7 heteroatoms. The van der Waals surface area contributed by atoms with Crippen LogP contribution < -0.4 is 0 Å². The number of hydrogen-bond acceptors (Lipinski definition) is 5. The zero-order valence-corrected chi connectivity index (χ0v) is 19.0. The van der Waals surface area contributed by atoms with Crippen LogP contribution in [-0.2, 0) is 16.9 Å². The second-order valence-electron chi connectivity index (χ2n) is 7.85. The van der Waals surface area contributed by atoms with Gasteiger partial charge in [0.15, 0.2) is 21.8 Å². The van der Waals surface area contributed by atoms with Crippen LogP contribution in [0.25, 0.3) is 11.4 Å². The van der Waals surface area contributed by atoms with E-state index in [2.05, 4.69) is 11.9 Å². The van der Waals surface area contributed by atoms with Gasteiger partial charge < -0.3 is 5.11 Å². The zero-order chi connectivity index (χ0) is 22.0. The molecule has 0 fully saturated rings. The van der Waals surface area contributed by atoms with E-state index in [1.807, 2.05) is 0 Å². The van der Waals surface area contributed by atoms with Crippen LogP contribution in [0.15, 0.2) is 29.2 Å². The molecule has 0 radical (unpaired) electrons.